The van der Waals surface area contributed by atoms with Crippen molar-refractivity contribution in [2.75, 3.05) is 50.6 Å². The van der Waals surface area contributed by atoms with Gasteiger partial charge in [-0.05, 0) is 43.2 Å². The molecule has 156 valence electrons. The van der Waals surface area contributed by atoms with Crippen molar-refractivity contribution < 1.29 is 4.74 Å². The molecule has 0 aliphatic carbocycles. The molecule has 1 aromatic carbocycles. The van der Waals surface area contributed by atoms with Crippen LogP contribution >= 0.6 is 0 Å². The van der Waals surface area contributed by atoms with Gasteiger partial charge in [0.1, 0.15) is 11.6 Å². The summed E-state index contributed by atoms with van der Waals surface area (Å²) >= 11 is 0. The van der Waals surface area contributed by atoms with E-state index in [1.165, 1.54) is 0 Å². The minimum absolute atomic E-state index is 0.340. The van der Waals surface area contributed by atoms with Crippen molar-refractivity contribution in [3.63, 3.8) is 0 Å². The lowest BCUT2D eigenvalue weighted by atomic mass is 10.2. The van der Waals surface area contributed by atoms with Crippen LogP contribution in [0.2, 0.25) is 0 Å². The van der Waals surface area contributed by atoms with E-state index in [1.807, 2.05) is 43.4 Å². The molecule has 1 atom stereocenters. The van der Waals surface area contributed by atoms with E-state index in [0.29, 0.717) is 12.6 Å². The minimum Gasteiger partial charge on any atom is -0.495 e. The second-order valence-corrected chi connectivity index (χ2v) is 7.36. The van der Waals surface area contributed by atoms with Gasteiger partial charge in [-0.3, -0.25) is 0 Å². The number of hydrogen-bond donors (Lipinski definition) is 2. The third kappa shape index (κ3) is 5.53. The van der Waals surface area contributed by atoms with E-state index in [0.717, 1.165) is 54.8 Å². The number of anilines is 2. The molecule has 7 nitrogen and oxygen atoms in total. The Balaban J connectivity index is 1.63. The molecule has 1 fully saturated rings. The molecule has 0 radical (unpaired) electrons. The highest BCUT2D eigenvalue weighted by atomic mass is 16.5. The number of aliphatic imine (C=N–C) groups is 1. The van der Waals surface area contributed by atoms with Crippen molar-refractivity contribution >= 4 is 17.5 Å². The summed E-state index contributed by atoms with van der Waals surface area (Å²) < 4.78 is 5.52. The zero-order valence-corrected chi connectivity index (χ0v) is 17.9. The number of ether oxygens (including phenoxy) is 1. The largest absolute Gasteiger partial charge is 0.495 e. The number of pyridine rings is 1. The van der Waals surface area contributed by atoms with E-state index in [1.54, 1.807) is 7.11 Å². The standard InChI is InChI=1S/C22H32N6O/c1-5-23-22(25-15-17-10-12-24-21(14-17)27(2)3)26-18-11-13-28(16-18)19-8-6-7-9-20(19)29-4/h6-10,12,14,18H,5,11,13,15-16H2,1-4H3,(H2,23,25,26). The Labute approximate surface area is 173 Å². The van der Waals surface area contributed by atoms with E-state index in [4.69, 9.17) is 9.73 Å². The molecular formula is C22H32N6O. The van der Waals surface area contributed by atoms with Crippen LogP contribution in [0, 0.1) is 0 Å². The Morgan fingerprint density at radius 3 is 2.90 bits per heavy atom. The molecular weight excluding hydrogens is 364 g/mol. The lowest BCUT2D eigenvalue weighted by Gasteiger charge is -2.22. The van der Waals surface area contributed by atoms with E-state index in [2.05, 4.69) is 45.6 Å². The van der Waals surface area contributed by atoms with Gasteiger partial charge in [0.2, 0.25) is 0 Å². The van der Waals surface area contributed by atoms with Crippen LogP contribution < -0.4 is 25.2 Å². The molecule has 3 rings (SSSR count). The Kier molecular flexibility index (Phi) is 7.16. The summed E-state index contributed by atoms with van der Waals surface area (Å²) in [5.41, 5.74) is 2.29. The first-order chi connectivity index (χ1) is 14.1. The van der Waals surface area contributed by atoms with Gasteiger partial charge >= 0.3 is 0 Å². The first-order valence-electron chi connectivity index (χ1n) is 10.2. The summed E-state index contributed by atoms with van der Waals surface area (Å²) in [7, 11) is 5.71. The maximum Gasteiger partial charge on any atom is 0.191 e. The molecule has 2 heterocycles. The number of aromatic nitrogens is 1. The highest BCUT2D eigenvalue weighted by Crippen LogP contribution is 2.30. The van der Waals surface area contributed by atoms with Crippen LogP contribution in [0.15, 0.2) is 47.6 Å². The summed E-state index contributed by atoms with van der Waals surface area (Å²) in [5, 5.41) is 6.96. The summed E-state index contributed by atoms with van der Waals surface area (Å²) in [4.78, 5) is 13.5. The molecule has 0 bridgehead atoms. The van der Waals surface area contributed by atoms with E-state index < -0.39 is 0 Å². The molecule has 1 aliphatic rings. The number of nitrogens with zero attached hydrogens (tertiary/aromatic N) is 4. The second kappa shape index (κ2) is 10.0. The van der Waals surface area contributed by atoms with Crippen LogP contribution in [0.25, 0.3) is 0 Å². The van der Waals surface area contributed by atoms with Crippen molar-refractivity contribution in [3.8, 4) is 5.75 Å². The van der Waals surface area contributed by atoms with Gasteiger partial charge in [0.25, 0.3) is 0 Å². The molecule has 2 N–H and O–H groups in total. The van der Waals surface area contributed by atoms with Crippen molar-refractivity contribution in [1.29, 1.82) is 0 Å². The SMILES string of the molecule is CCNC(=NCc1ccnc(N(C)C)c1)NC1CCN(c2ccccc2OC)C1. The van der Waals surface area contributed by atoms with Gasteiger partial charge < -0.3 is 25.2 Å². The van der Waals surface area contributed by atoms with Crippen molar-refractivity contribution in [2.45, 2.75) is 25.9 Å². The van der Waals surface area contributed by atoms with Crippen molar-refractivity contribution in [2.24, 2.45) is 4.99 Å². The van der Waals surface area contributed by atoms with Crippen LogP contribution in [-0.2, 0) is 6.54 Å². The van der Waals surface area contributed by atoms with Gasteiger partial charge in [-0.25, -0.2) is 9.98 Å². The number of guanidine groups is 1. The average Bonchev–Trinajstić information content (AvgIpc) is 3.20. The maximum atomic E-state index is 5.52. The van der Waals surface area contributed by atoms with Crippen molar-refractivity contribution in [3.05, 3.63) is 48.2 Å². The number of rotatable bonds is 7. The first kappa shape index (κ1) is 20.8. The van der Waals surface area contributed by atoms with Gasteiger partial charge in [-0.15, -0.1) is 0 Å². The van der Waals surface area contributed by atoms with Gasteiger partial charge in [0, 0.05) is 46.0 Å². The monoisotopic (exact) mass is 396 g/mol. The van der Waals surface area contributed by atoms with Crippen molar-refractivity contribution in [1.82, 2.24) is 15.6 Å². The molecule has 0 saturated carbocycles. The number of para-hydroxylation sites is 2. The topological polar surface area (TPSA) is 65.0 Å². The first-order valence-corrected chi connectivity index (χ1v) is 10.2. The van der Waals surface area contributed by atoms with Gasteiger partial charge in [-0.1, -0.05) is 12.1 Å². The van der Waals surface area contributed by atoms with Gasteiger partial charge in [0.05, 0.1) is 19.3 Å². The highest BCUT2D eigenvalue weighted by molar-refractivity contribution is 5.80. The summed E-state index contributed by atoms with van der Waals surface area (Å²) in [6, 6.07) is 12.6. The van der Waals surface area contributed by atoms with Crippen LogP contribution in [0.3, 0.4) is 0 Å². The third-order valence-corrected chi connectivity index (χ3v) is 4.99. The van der Waals surface area contributed by atoms with E-state index >= 15 is 0 Å². The fourth-order valence-electron chi connectivity index (χ4n) is 3.48. The number of hydrogen-bond acceptors (Lipinski definition) is 5. The third-order valence-electron chi connectivity index (χ3n) is 4.99. The zero-order valence-electron chi connectivity index (χ0n) is 17.9. The number of benzene rings is 1. The molecule has 1 aliphatic heterocycles. The maximum absolute atomic E-state index is 5.52. The molecule has 0 amide bonds. The predicted molar refractivity (Wildman–Crippen MR) is 120 cm³/mol. The quantitative estimate of drug-likeness (QED) is 0.554. The molecule has 0 spiro atoms. The Hall–Kier alpha value is -2.96. The Bertz CT molecular complexity index is 822. The fraction of sp³-hybridized carbons (Fsp3) is 0.455. The average molecular weight is 397 g/mol. The Morgan fingerprint density at radius 2 is 2.14 bits per heavy atom. The zero-order chi connectivity index (χ0) is 20.6. The van der Waals surface area contributed by atoms with Crippen LogP contribution in [0.5, 0.6) is 5.75 Å². The number of methoxy groups -OCH3 is 1. The highest BCUT2D eigenvalue weighted by Gasteiger charge is 2.25. The van der Waals surface area contributed by atoms with Gasteiger partial charge in [-0.2, -0.15) is 0 Å². The molecule has 29 heavy (non-hydrogen) atoms. The van der Waals surface area contributed by atoms with Crippen LogP contribution in [0.1, 0.15) is 18.9 Å². The lowest BCUT2D eigenvalue weighted by molar-refractivity contribution is 0.415. The molecule has 1 saturated heterocycles. The molecule has 1 aromatic heterocycles. The van der Waals surface area contributed by atoms with Crippen LogP contribution in [0.4, 0.5) is 11.5 Å². The summed E-state index contributed by atoms with van der Waals surface area (Å²) in [5.74, 6) is 2.71. The minimum atomic E-state index is 0.340. The predicted octanol–water partition coefficient (Wildman–Crippen LogP) is 2.49. The number of nitrogens with one attached hydrogen (secondary N) is 2. The second-order valence-electron chi connectivity index (χ2n) is 7.36. The Morgan fingerprint density at radius 1 is 1.31 bits per heavy atom. The van der Waals surface area contributed by atoms with E-state index in [-0.39, 0.29) is 0 Å². The molecule has 7 heteroatoms. The smallest absolute Gasteiger partial charge is 0.191 e. The lowest BCUT2D eigenvalue weighted by Crippen LogP contribution is -2.44. The van der Waals surface area contributed by atoms with E-state index in [9.17, 15) is 0 Å². The normalized spacial score (nSPS) is 16.6. The summed E-state index contributed by atoms with van der Waals surface area (Å²) in [6.45, 7) is 5.44. The van der Waals surface area contributed by atoms with Crippen LogP contribution in [-0.4, -0.2) is 57.8 Å². The summed E-state index contributed by atoms with van der Waals surface area (Å²) in [6.07, 6.45) is 2.89. The fourth-order valence-corrected chi connectivity index (χ4v) is 3.48. The molecule has 1 unspecified atom stereocenters. The molecule has 2 aromatic rings. The van der Waals surface area contributed by atoms with Gasteiger partial charge in [0.15, 0.2) is 5.96 Å².